The molecule has 0 fully saturated rings. The number of nitrogens with zero attached hydrogens (tertiary/aromatic N) is 3. The van der Waals surface area contributed by atoms with Crippen LogP contribution in [0.2, 0.25) is 0 Å². The molecule has 0 aliphatic carbocycles. The maximum atomic E-state index is 13.5. The van der Waals surface area contributed by atoms with Gasteiger partial charge in [0.15, 0.2) is 5.65 Å². The first-order valence-corrected chi connectivity index (χ1v) is 10.3. The van der Waals surface area contributed by atoms with Gasteiger partial charge in [0, 0.05) is 17.0 Å². The summed E-state index contributed by atoms with van der Waals surface area (Å²) in [6, 6.07) is 19.3. The van der Waals surface area contributed by atoms with Crippen molar-refractivity contribution in [2.45, 2.75) is 39.2 Å². The first-order chi connectivity index (χ1) is 14.7. The van der Waals surface area contributed by atoms with Crippen molar-refractivity contribution >= 4 is 11.6 Å². The molecular formula is C25H25FN4O. The van der Waals surface area contributed by atoms with Gasteiger partial charge in [0.05, 0.1) is 17.4 Å². The van der Waals surface area contributed by atoms with Gasteiger partial charge in [0.2, 0.25) is 0 Å². The molecule has 0 radical (unpaired) electrons. The summed E-state index contributed by atoms with van der Waals surface area (Å²) in [5.41, 5.74) is 3.98. The molecule has 1 unspecified atom stereocenters. The fraction of sp³-hybridized carbons (Fsp3) is 0.240. The lowest BCUT2D eigenvalue weighted by Gasteiger charge is -2.15. The van der Waals surface area contributed by atoms with Crippen LogP contribution >= 0.6 is 0 Å². The molecule has 31 heavy (non-hydrogen) atoms. The van der Waals surface area contributed by atoms with E-state index in [9.17, 15) is 9.18 Å². The van der Waals surface area contributed by atoms with Crippen molar-refractivity contribution in [3.63, 3.8) is 0 Å². The molecule has 4 aromatic rings. The predicted octanol–water partition coefficient (Wildman–Crippen LogP) is 5.32. The third-order valence-corrected chi connectivity index (χ3v) is 5.22. The number of aromatic nitrogens is 3. The average Bonchev–Trinajstić information content (AvgIpc) is 3.19. The van der Waals surface area contributed by atoms with E-state index in [4.69, 9.17) is 5.10 Å². The van der Waals surface area contributed by atoms with Crippen molar-refractivity contribution in [1.82, 2.24) is 19.9 Å². The zero-order valence-corrected chi connectivity index (χ0v) is 18.1. The SMILES string of the molecule is CC(NC(=O)c1cc(-c2ccc(F)cc2)n2nc(C(C)(C)C)cc2n1)c1ccccc1. The van der Waals surface area contributed by atoms with E-state index in [1.807, 2.05) is 43.3 Å². The molecule has 158 valence electrons. The van der Waals surface area contributed by atoms with Crippen molar-refractivity contribution in [3.8, 4) is 11.3 Å². The predicted molar refractivity (Wildman–Crippen MR) is 119 cm³/mol. The van der Waals surface area contributed by atoms with E-state index in [-0.39, 0.29) is 28.9 Å². The van der Waals surface area contributed by atoms with Gasteiger partial charge in [0.25, 0.3) is 5.91 Å². The highest BCUT2D eigenvalue weighted by molar-refractivity contribution is 5.94. The molecule has 0 aliphatic rings. The summed E-state index contributed by atoms with van der Waals surface area (Å²) < 4.78 is 15.2. The molecule has 2 heterocycles. The average molecular weight is 417 g/mol. The number of hydrogen-bond donors (Lipinski definition) is 1. The molecule has 0 spiro atoms. The lowest BCUT2D eigenvalue weighted by molar-refractivity contribution is 0.0935. The van der Waals surface area contributed by atoms with Crippen LogP contribution in [0.1, 0.15) is 55.5 Å². The molecule has 2 aromatic heterocycles. The standard InChI is InChI=1S/C25H25FN4O/c1-16(17-8-6-5-7-9-17)27-24(31)20-14-21(18-10-12-19(26)13-11-18)30-23(28-20)15-22(29-30)25(2,3)4/h5-16H,1-4H3,(H,27,31). The molecular weight excluding hydrogens is 391 g/mol. The van der Waals surface area contributed by atoms with E-state index in [1.165, 1.54) is 12.1 Å². The van der Waals surface area contributed by atoms with E-state index in [0.29, 0.717) is 11.3 Å². The molecule has 1 N–H and O–H groups in total. The van der Waals surface area contributed by atoms with Crippen LogP contribution in [0, 0.1) is 5.82 Å². The second-order valence-electron chi connectivity index (χ2n) is 8.69. The van der Waals surface area contributed by atoms with Crippen molar-refractivity contribution in [2.75, 3.05) is 0 Å². The van der Waals surface area contributed by atoms with E-state index < -0.39 is 0 Å². The van der Waals surface area contributed by atoms with Crippen molar-refractivity contribution < 1.29 is 9.18 Å². The highest BCUT2D eigenvalue weighted by atomic mass is 19.1. The Bertz CT molecular complexity index is 1220. The number of fused-ring (bicyclic) bond motifs is 1. The van der Waals surface area contributed by atoms with Crippen molar-refractivity contribution in [2.24, 2.45) is 0 Å². The number of nitrogens with one attached hydrogen (secondary N) is 1. The Morgan fingerprint density at radius 2 is 1.71 bits per heavy atom. The molecule has 4 rings (SSSR count). The Kier molecular flexibility index (Phi) is 5.31. The highest BCUT2D eigenvalue weighted by Gasteiger charge is 2.22. The van der Waals surface area contributed by atoms with Crippen molar-refractivity contribution in [3.05, 3.63) is 89.5 Å². The second-order valence-corrected chi connectivity index (χ2v) is 8.69. The first kappa shape index (κ1) is 20.7. The van der Waals surface area contributed by atoms with Gasteiger partial charge < -0.3 is 5.32 Å². The summed E-state index contributed by atoms with van der Waals surface area (Å²) in [5, 5.41) is 7.73. The Labute approximate surface area is 181 Å². The summed E-state index contributed by atoms with van der Waals surface area (Å²) in [5.74, 6) is -0.597. The zero-order chi connectivity index (χ0) is 22.2. The van der Waals surface area contributed by atoms with Crippen LogP contribution in [0.4, 0.5) is 4.39 Å². The third-order valence-electron chi connectivity index (χ3n) is 5.22. The third kappa shape index (κ3) is 4.33. The highest BCUT2D eigenvalue weighted by Crippen LogP contribution is 2.26. The normalized spacial score (nSPS) is 12.7. The minimum absolute atomic E-state index is 0.170. The molecule has 1 amide bonds. The molecule has 1 atom stereocenters. The topological polar surface area (TPSA) is 59.3 Å². The number of carbonyl (C=O) groups is 1. The number of rotatable bonds is 4. The van der Waals surface area contributed by atoms with E-state index in [2.05, 4.69) is 31.1 Å². The van der Waals surface area contributed by atoms with Gasteiger partial charge in [-0.15, -0.1) is 0 Å². The quantitative estimate of drug-likeness (QED) is 0.490. The number of benzene rings is 2. The number of halogens is 1. The molecule has 0 bridgehead atoms. The fourth-order valence-electron chi connectivity index (χ4n) is 3.38. The van der Waals surface area contributed by atoms with E-state index in [1.54, 1.807) is 22.7 Å². The fourth-order valence-corrected chi connectivity index (χ4v) is 3.38. The Hall–Kier alpha value is -3.54. The van der Waals surface area contributed by atoms with Gasteiger partial charge >= 0.3 is 0 Å². The van der Waals surface area contributed by atoms with Gasteiger partial charge in [-0.25, -0.2) is 13.9 Å². The minimum Gasteiger partial charge on any atom is -0.344 e. The summed E-state index contributed by atoms with van der Waals surface area (Å²) in [6.07, 6.45) is 0. The van der Waals surface area contributed by atoms with E-state index in [0.717, 1.165) is 16.8 Å². The largest absolute Gasteiger partial charge is 0.344 e. The smallest absolute Gasteiger partial charge is 0.270 e. The van der Waals surface area contributed by atoms with Crippen LogP contribution in [-0.4, -0.2) is 20.5 Å². The maximum Gasteiger partial charge on any atom is 0.270 e. The van der Waals surface area contributed by atoms with Crippen LogP contribution in [0.15, 0.2) is 66.7 Å². The Morgan fingerprint density at radius 1 is 1.03 bits per heavy atom. The van der Waals surface area contributed by atoms with Crippen LogP contribution in [0.5, 0.6) is 0 Å². The van der Waals surface area contributed by atoms with Gasteiger partial charge in [-0.3, -0.25) is 4.79 Å². The summed E-state index contributed by atoms with van der Waals surface area (Å²) in [7, 11) is 0. The minimum atomic E-state index is -0.320. The number of amides is 1. The van der Waals surface area contributed by atoms with E-state index >= 15 is 0 Å². The lowest BCUT2D eigenvalue weighted by atomic mass is 9.93. The van der Waals surface area contributed by atoms with Crippen LogP contribution in [-0.2, 0) is 5.41 Å². The van der Waals surface area contributed by atoms with Crippen LogP contribution in [0.3, 0.4) is 0 Å². The first-order valence-electron chi connectivity index (χ1n) is 10.3. The molecule has 2 aromatic carbocycles. The maximum absolute atomic E-state index is 13.5. The second kappa shape index (κ2) is 7.95. The summed E-state index contributed by atoms with van der Waals surface area (Å²) >= 11 is 0. The van der Waals surface area contributed by atoms with Crippen LogP contribution < -0.4 is 5.32 Å². The van der Waals surface area contributed by atoms with Crippen molar-refractivity contribution in [1.29, 1.82) is 0 Å². The molecule has 0 aliphatic heterocycles. The van der Waals surface area contributed by atoms with Gasteiger partial charge in [-0.1, -0.05) is 51.1 Å². The molecule has 0 saturated heterocycles. The van der Waals surface area contributed by atoms with Gasteiger partial charge in [-0.2, -0.15) is 5.10 Å². The zero-order valence-electron chi connectivity index (χ0n) is 18.1. The molecule has 6 heteroatoms. The number of carbonyl (C=O) groups excluding carboxylic acids is 1. The Balaban J connectivity index is 1.78. The molecule has 0 saturated carbocycles. The number of hydrogen-bond acceptors (Lipinski definition) is 3. The molecule has 5 nitrogen and oxygen atoms in total. The monoisotopic (exact) mass is 416 g/mol. The summed E-state index contributed by atoms with van der Waals surface area (Å²) in [6.45, 7) is 8.15. The Morgan fingerprint density at radius 3 is 2.35 bits per heavy atom. The van der Waals surface area contributed by atoms with Gasteiger partial charge in [-0.05, 0) is 42.8 Å². The van der Waals surface area contributed by atoms with Gasteiger partial charge in [0.1, 0.15) is 11.5 Å². The van der Waals surface area contributed by atoms with Crippen LogP contribution in [0.25, 0.3) is 16.9 Å². The lowest BCUT2D eigenvalue weighted by Crippen LogP contribution is -2.27. The summed E-state index contributed by atoms with van der Waals surface area (Å²) in [4.78, 5) is 17.6.